The molecule has 1 fully saturated rings. The lowest BCUT2D eigenvalue weighted by atomic mass is 9.96. The molecule has 1 unspecified atom stereocenters. The minimum Gasteiger partial charge on any atom is -0.478 e. The molecule has 1 heterocycles. The predicted molar refractivity (Wildman–Crippen MR) is 72.4 cm³/mol. The lowest BCUT2D eigenvalue weighted by Gasteiger charge is -2.34. The van der Waals surface area contributed by atoms with E-state index in [1.807, 2.05) is 11.0 Å². The van der Waals surface area contributed by atoms with E-state index >= 15 is 0 Å². The Labute approximate surface area is 112 Å². The highest BCUT2D eigenvalue weighted by molar-refractivity contribution is 5.94. The molecule has 19 heavy (non-hydrogen) atoms. The minimum atomic E-state index is -0.933. The van der Waals surface area contributed by atoms with Crippen molar-refractivity contribution in [3.05, 3.63) is 29.8 Å². The fourth-order valence-corrected chi connectivity index (χ4v) is 2.54. The molecule has 1 atom stereocenters. The number of aromatic carboxylic acids is 1. The molecule has 1 aromatic rings. The number of carbonyl (C=O) groups is 2. The van der Waals surface area contributed by atoms with Crippen molar-refractivity contribution < 1.29 is 14.7 Å². The molecule has 1 aliphatic rings. The molecule has 0 bridgehead atoms. The van der Waals surface area contributed by atoms with Gasteiger partial charge in [0.2, 0.25) is 5.91 Å². The smallest absolute Gasteiger partial charge is 0.337 e. The second kappa shape index (κ2) is 5.73. The Kier molecular flexibility index (Phi) is 4.04. The Hall–Kier alpha value is -2.04. The van der Waals surface area contributed by atoms with Gasteiger partial charge >= 0.3 is 5.97 Å². The zero-order valence-electron chi connectivity index (χ0n) is 10.9. The summed E-state index contributed by atoms with van der Waals surface area (Å²) in [5.41, 5.74) is 0.989. The molecule has 1 aliphatic heterocycles. The molecule has 2 rings (SSSR count). The lowest BCUT2D eigenvalue weighted by molar-refractivity contribution is -0.124. The van der Waals surface area contributed by atoms with Gasteiger partial charge in [0.25, 0.3) is 0 Å². The topological polar surface area (TPSA) is 69.6 Å². The zero-order valence-corrected chi connectivity index (χ0v) is 10.9. The number of para-hydroxylation sites is 1. The van der Waals surface area contributed by atoms with Gasteiger partial charge < -0.3 is 15.3 Å². The quantitative estimate of drug-likeness (QED) is 0.862. The van der Waals surface area contributed by atoms with Crippen LogP contribution in [0.5, 0.6) is 0 Å². The second-order valence-electron chi connectivity index (χ2n) is 4.72. The van der Waals surface area contributed by atoms with Crippen LogP contribution in [0, 0.1) is 5.92 Å². The number of hydrogen-bond donors (Lipinski definition) is 2. The average molecular weight is 262 g/mol. The number of benzene rings is 1. The van der Waals surface area contributed by atoms with Crippen molar-refractivity contribution in [3.63, 3.8) is 0 Å². The van der Waals surface area contributed by atoms with E-state index < -0.39 is 5.97 Å². The standard InChI is InChI=1S/C14H18N2O3/c1-15-13(17)10-5-4-8-16(9-10)12-7-3-2-6-11(12)14(18)19/h2-3,6-7,10H,4-5,8-9H2,1H3,(H,15,17)(H,18,19). The first kappa shape index (κ1) is 13.4. The summed E-state index contributed by atoms with van der Waals surface area (Å²) >= 11 is 0. The van der Waals surface area contributed by atoms with Crippen LogP contribution in [-0.4, -0.2) is 37.1 Å². The Morgan fingerprint density at radius 3 is 2.79 bits per heavy atom. The summed E-state index contributed by atoms with van der Waals surface area (Å²) in [6, 6.07) is 6.94. The molecular formula is C14H18N2O3. The van der Waals surface area contributed by atoms with E-state index in [9.17, 15) is 14.7 Å². The first-order valence-electron chi connectivity index (χ1n) is 6.42. The van der Waals surface area contributed by atoms with Crippen molar-refractivity contribution in [1.82, 2.24) is 5.32 Å². The van der Waals surface area contributed by atoms with Crippen molar-refractivity contribution >= 4 is 17.6 Å². The highest BCUT2D eigenvalue weighted by Crippen LogP contribution is 2.26. The number of carboxylic acid groups (broad SMARTS) is 1. The molecule has 5 nitrogen and oxygen atoms in total. The van der Waals surface area contributed by atoms with Crippen molar-refractivity contribution in [2.24, 2.45) is 5.92 Å². The molecule has 1 amide bonds. The maximum Gasteiger partial charge on any atom is 0.337 e. The van der Waals surface area contributed by atoms with Crippen LogP contribution in [0.15, 0.2) is 24.3 Å². The average Bonchev–Trinajstić information content (AvgIpc) is 2.46. The van der Waals surface area contributed by atoms with Gasteiger partial charge in [-0.3, -0.25) is 4.79 Å². The van der Waals surface area contributed by atoms with Gasteiger partial charge in [-0.05, 0) is 25.0 Å². The monoisotopic (exact) mass is 262 g/mol. The van der Waals surface area contributed by atoms with Gasteiger partial charge in [0.1, 0.15) is 0 Å². The summed E-state index contributed by atoms with van der Waals surface area (Å²) in [7, 11) is 1.63. The number of carbonyl (C=O) groups excluding carboxylic acids is 1. The van der Waals surface area contributed by atoms with Crippen molar-refractivity contribution in [2.75, 3.05) is 25.0 Å². The molecule has 5 heteroatoms. The molecule has 2 N–H and O–H groups in total. The van der Waals surface area contributed by atoms with Crippen LogP contribution in [0.1, 0.15) is 23.2 Å². The molecule has 0 radical (unpaired) electrons. The van der Waals surface area contributed by atoms with Crippen molar-refractivity contribution in [3.8, 4) is 0 Å². The third-order valence-corrected chi connectivity index (χ3v) is 3.51. The van der Waals surface area contributed by atoms with E-state index in [1.54, 1.807) is 25.2 Å². The van der Waals surface area contributed by atoms with E-state index in [4.69, 9.17) is 0 Å². The van der Waals surface area contributed by atoms with E-state index in [0.717, 1.165) is 19.4 Å². The fraction of sp³-hybridized carbons (Fsp3) is 0.429. The van der Waals surface area contributed by atoms with E-state index in [0.29, 0.717) is 17.8 Å². The number of amides is 1. The van der Waals surface area contributed by atoms with Crippen molar-refractivity contribution in [2.45, 2.75) is 12.8 Å². The van der Waals surface area contributed by atoms with Crippen LogP contribution in [-0.2, 0) is 4.79 Å². The van der Waals surface area contributed by atoms with Gasteiger partial charge in [-0.2, -0.15) is 0 Å². The number of hydrogen-bond acceptors (Lipinski definition) is 3. The highest BCUT2D eigenvalue weighted by Gasteiger charge is 2.27. The molecule has 0 aromatic heterocycles. The SMILES string of the molecule is CNC(=O)C1CCCN(c2ccccc2C(=O)O)C1. The Morgan fingerprint density at radius 1 is 1.37 bits per heavy atom. The largest absolute Gasteiger partial charge is 0.478 e. The van der Waals surface area contributed by atoms with Crippen LogP contribution in [0.2, 0.25) is 0 Å². The Bertz CT molecular complexity index is 487. The Balaban J connectivity index is 2.22. The van der Waals surface area contributed by atoms with Gasteiger partial charge in [0.05, 0.1) is 17.2 Å². The number of nitrogens with zero attached hydrogens (tertiary/aromatic N) is 1. The molecule has 0 saturated carbocycles. The van der Waals surface area contributed by atoms with Gasteiger partial charge in [-0.25, -0.2) is 4.79 Å². The lowest BCUT2D eigenvalue weighted by Crippen LogP contribution is -2.42. The van der Waals surface area contributed by atoms with Crippen LogP contribution >= 0.6 is 0 Å². The summed E-state index contributed by atoms with van der Waals surface area (Å²) in [6.45, 7) is 1.36. The predicted octanol–water partition coefficient (Wildman–Crippen LogP) is 1.35. The molecule has 0 spiro atoms. The highest BCUT2D eigenvalue weighted by atomic mass is 16.4. The summed E-state index contributed by atoms with van der Waals surface area (Å²) in [4.78, 5) is 24.9. The molecule has 1 aromatic carbocycles. The summed E-state index contributed by atoms with van der Waals surface area (Å²) in [5, 5.41) is 11.9. The fourth-order valence-electron chi connectivity index (χ4n) is 2.54. The van der Waals surface area contributed by atoms with Crippen LogP contribution < -0.4 is 10.2 Å². The van der Waals surface area contributed by atoms with Gasteiger partial charge in [0.15, 0.2) is 0 Å². The Morgan fingerprint density at radius 2 is 2.11 bits per heavy atom. The summed E-state index contributed by atoms with van der Waals surface area (Å²) in [6.07, 6.45) is 1.75. The van der Waals surface area contributed by atoms with Crippen LogP contribution in [0.3, 0.4) is 0 Å². The first-order valence-corrected chi connectivity index (χ1v) is 6.42. The molecular weight excluding hydrogens is 244 g/mol. The number of piperidine rings is 1. The number of anilines is 1. The first-order chi connectivity index (χ1) is 9.13. The van der Waals surface area contributed by atoms with E-state index in [-0.39, 0.29) is 11.8 Å². The minimum absolute atomic E-state index is 0.0255. The summed E-state index contributed by atoms with van der Waals surface area (Å²) < 4.78 is 0. The summed E-state index contributed by atoms with van der Waals surface area (Å²) in [5.74, 6) is -0.976. The van der Waals surface area contributed by atoms with Gasteiger partial charge in [-0.15, -0.1) is 0 Å². The van der Waals surface area contributed by atoms with Gasteiger partial charge in [0, 0.05) is 20.1 Å². The van der Waals surface area contributed by atoms with Crippen LogP contribution in [0.25, 0.3) is 0 Å². The second-order valence-corrected chi connectivity index (χ2v) is 4.72. The van der Waals surface area contributed by atoms with Gasteiger partial charge in [-0.1, -0.05) is 12.1 Å². The number of rotatable bonds is 3. The zero-order chi connectivity index (χ0) is 13.8. The molecule has 1 saturated heterocycles. The van der Waals surface area contributed by atoms with Crippen molar-refractivity contribution in [1.29, 1.82) is 0 Å². The van der Waals surface area contributed by atoms with Crippen LogP contribution in [0.4, 0.5) is 5.69 Å². The third-order valence-electron chi connectivity index (χ3n) is 3.51. The van der Waals surface area contributed by atoms with E-state index in [2.05, 4.69) is 5.32 Å². The molecule has 0 aliphatic carbocycles. The maximum absolute atomic E-state index is 11.7. The third kappa shape index (κ3) is 2.86. The number of carboxylic acids is 1. The van der Waals surface area contributed by atoms with E-state index in [1.165, 1.54) is 0 Å². The maximum atomic E-state index is 11.7. The number of nitrogens with one attached hydrogen (secondary N) is 1. The normalized spacial score (nSPS) is 19.0. The molecule has 102 valence electrons.